The van der Waals surface area contributed by atoms with Crippen molar-refractivity contribution in [2.45, 2.75) is 39.4 Å². The van der Waals surface area contributed by atoms with Gasteiger partial charge in [0.15, 0.2) is 10.9 Å². The number of nitrogens with zero attached hydrogens (tertiary/aromatic N) is 4. The van der Waals surface area contributed by atoms with Gasteiger partial charge in [0.25, 0.3) is 0 Å². The number of ketones is 1. The molecule has 0 radical (unpaired) electrons. The van der Waals surface area contributed by atoms with Gasteiger partial charge in [-0.3, -0.25) is 4.79 Å². The summed E-state index contributed by atoms with van der Waals surface area (Å²) in [4.78, 5) is 12.8. The summed E-state index contributed by atoms with van der Waals surface area (Å²) in [5.74, 6) is 0.646. The number of carbonyl (C=O) groups excluding carboxylic acids is 1. The zero-order valence-corrected chi connectivity index (χ0v) is 17.2. The van der Waals surface area contributed by atoms with Gasteiger partial charge in [-0.2, -0.15) is 0 Å². The quantitative estimate of drug-likeness (QED) is 0.436. The molecular formula is C19H20ClFN4OS. The summed E-state index contributed by atoms with van der Waals surface area (Å²) in [5, 5.41) is 8.99. The molecule has 0 aliphatic heterocycles. The lowest BCUT2D eigenvalue weighted by Gasteiger charge is -2.10. The second-order valence-corrected chi connectivity index (χ2v) is 7.55. The molecule has 1 aromatic carbocycles. The number of aromatic nitrogens is 4. The van der Waals surface area contributed by atoms with Crippen molar-refractivity contribution in [3.63, 3.8) is 0 Å². The maximum atomic E-state index is 13.5. The average molecular weight is 407 g/mol. The van der Waals surface area contributed by atoms with Gasteiger partial charge in [0.2, 0.25) is 0 Å². The van der Waals surface area contributed by atoms with Crippen LogP contribution in [-0.4, -0.2) is 30.9 Å². The number of Topliss-reactive ketones (excluding diaryl/α,β-unsaturated/α-hetero) is 1. The Labute approximate surface area is 166 Å². The van der Waals surface area contributed by atoms with Crippen molar-refractivity contribution in [3.05, 3.63) is 57.9 Å². The standard InChI is InChI=1S/C19H20ClFN4OS/c1-5-24-13(4)22-23-19(24)27-10-18(26)15-8-11(2)25(12(15)3)14-6-7-17(21)16(20)9-14/h6-9H,5,10H2,1-4H3. The lowest BCUT2D eigenvalue weighted by Crippen LogP contribution is -2.07. The molecule has 0 aliphatic rings. The number of hydrogen-bond donors (Lipinski definition) is 0. The Hall–Kier alpha value is -2.12. The molecule has 0 bridgehead atoms. The van der Waals surface area contributed by atoms with E-state index in [1.165, 1.54) is 17.8 Å². The lowest BCUT2D eigenvalue weighted by molar-refractivity contribution is 0.102. The Morgan fingerprint density at radius 1 is 1.22 bits per heavy atom. The van der Waals surface area contributed by atoms with E-state index >= 15 is 0 Å². The van der Waals surface area contributed by atoms with Crippen LogP contribution in [0.15, 0.2) is 29.4 Å². The molecule has 2 aromatic heterocycles. The highest BCUT2D eigenvalue weighted by Gasteiger charge is 2.19. The first-order chi connectivity index (χ1) is 12.8. The molecule has 2 heterocycles. The molecule has 0 spiro atoms. The molecule has 142 valence electrons. The molecule has 3 aromatic rings. The summed E-state index contributed by atoms with van der Waals surface area (Å²) in [5.41, 5.74) is 3.05. The number of carbonyl (C=O) groups is 1. The van der Waals surface area contributed by atoms with E-state index in [1.807, 2.05) is 42.9 Å². The van der Waals surface area contributed by atoms with Gasteiger partial charge in [0, 0.05) is 29.2 Å². The molecule has 0 N–H and O–H groups in total. The number of benzene rings is 1. The van der Waals surface area contributed by atoms with Gasteiger partial charge < -0.3 is 9.13 Å². The van der Waals surface area contributed by atoms with Crippen molar-refractivity contribution in [3.8, 4) is 5.69 Å². The predicted molar refractivity (Wildman–Crippen MR) is 106 cm³/mol. The summed E-state index contributed by atoms with van der Waals surface area (Å²) in [6, 6.07) is 6.39. The van der Waals surface area contributed by atoms with Gasteiger partial charge in [-0.25, -0.2) is 4.39 Å². The van der Waals surface area contributed by atoms with Crippen LogP contribution < -0.4 is 0 Å². The fourth-order valence-corrected chi connectivity index (χ4v) is 4.21. The van der Waals surface area contributed by atoms with Crippen molar-refractivity contribution in [2.75, 3.05) is 5.75 Å². The number of thioether (sulfide) groups is 1. The maximum absolute atomic E-state index is 13.5. The van der Waals surface area contributed by atoms with Gasteiger partial charge >= 0.3 is 0 Å². The Kier molecular flexibility index (Phi) is 5.72. The fraction of sp³-hybridized carbons (Fsp3) is 0.316. The smallest absolute Gasteiger partial charge is 0.191 e. The van der Waals surface area contributed by atoms with Gasteiger partial charge in [-0.15, -0.1) is 10.2 Å². The van der Waals surface area contributed by atoms with Crippen LogP contribution >= 0.6 is 23.4 Å². The predicted octanol–water partition coefficient (Wildman–Crippen LogP) is 4.78. The van der Waals surface area contributed by atoms with Gasteiger partial charge in [0.1, 0.15) is 11.6 Å². The van der Waals surface area contributed by atoms with E-state index < -0.39 is 5.82 Å². The fourth-order valence-electron chi connectivity index (χ4n) is 3.11. The molecule has 0 atom stereocenters. The topological polar surface area (TPSA) is 52.7 Å². The minimum absolute atomic E-state index is 0.0101. The molecule has 27 heavy (non-hydrogen) atoms. The van der Waals surface area contributed by atoms with Crippen LogP contribution in [0, 0.1) is 26.6 Å². The normalized spacial score (nSPS) is 11.2. The molecule has 0 fully saturated rings. The van der Waals surface area contributed by atoms with Crippen LogP contribution in [0.4, 0.5) is 4.39 Å². The first kappa shape index (κ1) is 19.6. The van der Waals surface area contributed by atoms with Crippen LogP contribution in [0.2, 0.25) is 5.02 Å². The highest BCUT2D eigenvalue weighted by molar-refractivity contribution is 7.99. The Balaban J connectivity index is 1.85. The molecule has 0 saturated heterocycles. The van der Waals surface area contributed by atoms with E-state index in [2.05, 4.69) is 10.2 Å². The van der Waals surface area contributed by atoms with Crippen LogP contribution in [-0.2, 0) is 6.54 Å². The molecule has 0 saturated carbocycles. The van der Waals surface area contributed by atoms with E-state index in [9.17, 15) is 9.18 Å². The molecule has 5 nitrogen and oxygen atoms in total. The largest absolute Gasteiger partial charge is 0.318 e. The number of aryl methyl sites for hydroxylation is 2. The summed E-state index contributed by atoms with van der Waals surface area (Å²) >= 11 is 7.29. The maximum Gasteiger partial charge on any atom is 0.191 e. The van der Waals surface area contributed by atoms with Crippen LogP contribution in [0.1, 0.15) is 34.5 Å². The Morgan fingerprint density at radius 3 is 2.63 bits per heavy atom. The van der Waals surface area contributed by atoms with Crippen LogP contribution in [0.25, 0.3) is 5.69 Å². The van der Waals surface area contributed by atoms with E-state index in [0.29, 0.717) is 5.56 Å². The second-order valence-electron chi connectivity index (χ2n) is 6.20. The number of hydrogen-bond acceptors (Lipinski definition) is 4. The molecule has 8 heteroatoms. The van der Waals surface area contributed by atoms with Gasteiger partial charge in [-0.1, -0.05) is 23.4 Å². The van der Waals surface area contributed by atoms with Crippen LogP contribution in [0.3, 0.4) is 0 Å². The second kappa shape index (κ2) is 7.86. The van der Waals surface area contributed by atoms with Crippen molar-refractivity contribution in [1.29, 1.82) is 0 Å². The van der Waals surface area contributed by atoms with E-state index in [4.69, 9.17) is 11.6 Å². The van der Waals surface area contributed by atoms with Crippen molar-refractivity contribution < 1.29 is 9.18 Å². The lowest BCUT2D eigenvalue weighted by atomic mass is 10.2. The zero-order chi connectivity index (χ0) is 19.7. The van der Waals surface area contributed by atoms with E-state index in [-0.39, 0.29) is 16.6 Å². The minimum Gasteiger partial charge on any atom is -0.318 e. The highest BCUT2D eigenvalue weighted by Crippen LogP contribution is 2.26. The summed E-state index contributed by atoms with van der Waals surface area (Å²) in [6.07, 6.45) is 0. The third-order valence-electron chi connectivity index (χ3n) is 4.44. The van der Waals surface area contributed by atoms with Gasteiger partial charge in [-0.05, 0) is 52.0 Å². The van der Waals surface area contributed by atoms with Crippen molar-refractivity contribution >= 4 is 29.1 Å². The third-order valence-corrected chi connectivity index (χ3v) is 5.70. The molecular weight excluding hydrogens is 387 g/mol. The first-order valence-corrected chi connectivity index (χ1v) is 9.90. The Bertz CT molecular complexity index is 1010. The molecule has 0 unspecified atom stereocenters. The molecule has 0 amide bonds. The first-order valence-electron chi connectivity index (χ1n) is 8.53. The van der Waals surface area contributed by atoms with E-state index in [0.717, 1.165) is 34.6 Å². The van der Waals surface area contributed by atoms with Gasteiger partial charge in [0.05, 0.1) is 10.8 Å². The summed E-state index contributed by atoms with van der Waals surface area (Å²) in [7, 11) is 0. The Morgan fingerprint density at radius 2 is 1.96 bits per heavy atom. The minimum atomic E-state index is -0.467. The molecule has 0 aliphatic carbocycles. The number of rotatable bonds is 6. The van der Waals surface area contributed by atoms with E-state index in [1.54, 1.807) is 12.1 Å². The highest BCUT2D eigenvalue weighted by atomic mass is 35.5. The zero-order valence-electron chi connectivity index (χ0n) is 15.6. The average Bonchev–Trinajstić information content (AvgIpc) is 3.14. The SMILES string of the molecule is CCn1c(C)nnc1SCC(=O)c1cc(C)n(-c2ccc(F)c(Cl)c2)c1C. The summed E-state index contributed by atoms with van der Waals surface area (Å²) in [6.45, 7) is 8.45. The van der Waals surface area contributed by atoms with Crippen molar-refractivity contribution in [2.24, 2.45) is 0 Å². The number of halogens is 2. The third kappa shape index (κ3) is 3.80. The van der Waals surface area contributed by atoms with Crippen LogP contribution in [0.5, 0.6) is 0 Å². The monoisotopic (exact) mass is 406 g/mol. The van der Waals surface area contributed by atoms with Crippen molar-refractivity contribution in [1.82, 2.24) is 19.3 Å². The molecule has 3 rings (SSSR count). The summed E-state index contributed by atoms with van der Waals surface area (Å²) < 4.78 is 17.3.